The SMILES string of the molecule is CCc1nc2c(C)cc(C)cn2c1N(C)C=O. The van der Waals surface area contributed by atoms with Crippen molar-refractivity contribution in [3.8, 4) is 0 Å². The number of carbonyl (C=O) groups is 1. The molecule has 2 aromatic heterocycles. The molecule has 0 saturated heterocycles. The van der Waals surface area contributed by atoms with Crippen LogP contribution in [0, 0.1) is 13.8 Å². The molecule has 0 spiro atoms. The highest BCUT2D eigenvalue weighted by Crippen LogP contribution is 2.24. The first kappa shape index (κ1) is 11.6. The van der Waals surface area contributed by atoms with Crippen molar-refractivity contribution in [3.05, 3.63) is 29.1 Å². The first-order valence-corrected chi connectivity index (χ1v) is 5.74. The third-order valence-corrected chi connectivity index (χ3v) is 2.91. The Bertz CT molecular complexity index is 572. The fourth-order valence-electron chi connectivity index (χ4n) is 2.18. The molecule has 0 aliphatic heterocycles. The fraction of sp³-hybridized carbons (Fsp3) is 0.385. The van der Waals surface area contributed by atoms with E-state index in [4.69, 9.17) is 0 Å². The number of pyridine rings is 1. The Balaban J connectivity index is 2.82. The lowest BCUT2D eigenvalue weighted by Crippen LogP contribution is -2.17. The fourth-order valence-corrected chi connectivity index (χ4v) is 2.18. The minimum Gasteiger partial charge on any atom is -0.302 e. The molecule has 0 unspecified atom stereocenters. The second kappa shape index (κ2) is 4.20. The van der Waals surface area contributed by atoms with Crippen molar-refractivity contribution in [2.75, 3.05) is 11.9 Å². The van der Waals surface area contributed by atoms with Crippen LogP contribution in [0.4, 0.5) is 5.82 Å². The number of carbonyl (C=O) groups excluding carboxylic acids is 1. The highest BCUT2D eigenvalue weighted by atomic mass is 16.1. The van der Waals surface area contributed by atoms with Gasteiger partial charge in [0.1, 0.15) is 11.5 Å². The van der Waals surface area contributed by atoms with E-state index in [9.17, 15) is 4.79 Å². The molecule has 17 heavy (non-hydrogen) atoms. The molecular formula is C13H17N3O. The minimum absolute atomic E-state index is 0.813. The van der Waals surface area contributed by atoms with E-state index in [0.29, 0.717) is 0 Å². The largest absolute Gasteiger partial charge is 0.302 e. The lowest BCUT2D eigenvalue weighted by atomic mass is 10.2. The summed E-state index contributed by atoms with van der Waals surface area (Å²) in [6.07, 6.45) is 3.65. The van der Waals surface area contributed by atoms with Crippen LogP contribution in [0.1, 0.15) is 23.7 Å². The molecule has 0 radical (unpaired) electrons. The van der Waals surface area contributed by atoms with Crippen LogP contribution in [-0.2, 0) is 11.2 Å². The highest BCUT2D eigenvalue weighted by Gasteiger charge is 2.15. The number of anilines is 1. The summed E-state index contributed by atoms with van der Waals surface area (Å²) in [6.45, 7) is 6.13. The van der Waals surface area contributed by atoms with Gasteiger partial charge in [-0.2, -0.15) is 0 Å². The quantitative estimate of drug-likeness (QED) is 0.759. The molecule has 1 amide bonds. The number of amides is 1. The van der Waals surface area contributed by atoms with E-state index in [1.165, 1.54) is 0 Å². The second-order valence-corrected chi connectivity index (χ2v) is 4.35. The van der Waals surface area contributed by atoms with Gasteiger partial charge >= 0.3 is 0 Å². The first-order chi connectivity index (χ1) is 8.08. The normalized spacial score (nSPS) is 10.8. The maximum absolute atomic E-state index is 11.0. The zero-order valence-corrected chi connectivity index (χ0v) is 10.7. The maximum Gasteiger partial charge on any atom is 0.215 e. The first-order valence-electron chi connectivity index (χ1n) is 5.74. The summed E-state index contributed by atoms with van der Waals surface area (Å²) in [7, 11) is 1.76. The highest BCUT2D eigenvalue weighted by molar-refractivity contribution is 5.76. The smallest absolute Gasteiger partial charge is 0.215 e. The van der Waals surface area contributed by atoms with Crippen LogP contribution in [0.5, 0.6) is 0 Å². The van der Waals surface area contributed by atoms with Crippen LogP contribution in [0.25, 0.3) is 5.65 Å². The van der Waals surface area contributed by atoms with Gasteiger partial charge in [0.05, 0.1) is 5.69 Å². The van der Waals surface area contributed by atoms with Gasteiger partial charge in [0.25, 0.3) is 0 Å². The number of hydrogen-bond acceptors (Lipinski definition) is 2. The van der Waals surface area contributed by atoms with Crippen molar-refractivity contribution in [3.63, 3.8) is 0 Å². The molecule has 0 aromatic carbocycles. The molecule has 0 bridgehead atoms. The van der Waals surface area contributed by atoms with Crippen molar-refractivity contribution in [1.82, 2.24) is 9.38 Å². The van der Waals surface area contributed by atoms with Crippen molar-refractivity contribution >= 4 is 17.9 Å². The van der Waals surface area contributed by atoms with E-state index in [2.05, 4.69) is 11.1 Å². The van der Waals surface area contributed by atoms with Crippen LogP contribution in [-0.4, -0.2) is 22.8 Å². The molecule has 0 atom stereocenters. The summed E-state index contributed by atoms with van der Waals surface area (Å²) < 4.78 is 2.00. The van der Waals surface area contributed by atoms with E-state index in [-0.39, 0.29) is 0 Å². The molecule has 2 rings (SSSR count). The molecule has 4 nitrogen and oxygen atoms in total. The number of nitrogens with zero attached hydrogens (tertiary/aromatic N) is 3. The van der Waals surface area contributed by atoms with Gasteiger partial charge in [-0.15, -0.1) is 0 Å². The molecule has 2 aromatic rings. The Morgan fingerprint density at radius 3 is 2.76 bits per heavy atom. The molecule has 0 aliphatic rings. The Morgan fingerprint density at radius 1 is 1.47 bits per heavy atom. The molecule has 2 heterocycles. The van der Waals surface area contributed by atoms with Gasteiger partial charge in [-0.3, -0.25) is 9.20 Å². The van der Waals surface area contributed by atoms with E-state index < -0.39 is 0 Å². The summed E-state index contributed by atoms with van der Waals surface area (Å²) in [5.74, 6) is 0.865. The molecule has 0 saturated carbocycles. The van der Waals surface area contributed by atoms with Crippen molar-refractivity contribution < 1.29 is 4.79 Å². The van der Waals surface area contributed by atoms with Gasteiger partial charge in [0.15, 0.2) is 0 Å². The second-order valence-electron chi connectivity index (χ2n) is 4.35. The number of rotatable bonds is 3. The standard InChI is InChI=1S/C13H17N3O/c1-5-11-13(15(4)8-17)16-7-9(2)6-10(3)12(16)14-11/h6-8H,5H2,1-4H3. The molecule has 0 fully saturated rings. The average molecular weight is 231 g/mol. The van der Waals surface area contributed by atoms with Crippen LogP contribution in [0.3, 0.4) is 0 Å². The lowest BCUT2D eigenvalue weighted by molar-refractivity contribution is -0.107. The molecule has 4 heteroatoms. The van der Waals surface area contributed by atoms with E-state index in [1.54, 1.807) is 11.9 Å². The van der Waals surface area contributed by atoms with E-state index in [1.807, 2.05) is 31.4 Å². The Morgan fingerprint density at radius 2 is 2.18 bits per heavy atom. The van der Waals surface area contributed by atoms with Crippen LogP contribution >= 0.6 is 0 Å². The lowest BCUT2D eigenvalue weighted by Gasteiger charge is -2.12. The summed E-state index contributed by atoms with van der Waals surface area (Å²) in [4.78, 5) is 17.2. The molecule has 90 valence electrons. The van der Waals surface area contributed by atoms with Crippen molar-refractivity contribution in [2.24, 2.45) is 0 Å². The Labute approximate surface area is 101 Å². The maximum atomic E-state index is 11.0. The van der Waals surface area contributed by atoms with Gasteiger partial charge in [0, 0.05) is 13.2 Å². The molecule has 0 aliphatic carbocycles. The third kappa shape index (κ3) is 1.79. The van der Waals surface area contributed by atoms with Gasteiger partial charge in [-0.25, -0.2) is 4.98 Å². The average Bonchev–Trinajstić information content (AvgIpc) is 2.66. The Hall–Kier alpha value is -1.84. The number of aromatic nitrogens is 2. The summed E-state index contributed by atoms with van der Waals surface area (Å²) in [5, 5.41) is 0. The molecule has 0 N–H and O–H groups in total. The zero-order chi connectivity index (χ0) is 12.6. The van der Waals surface area contributed by atoms with Gasteiger partial charge in [-0.1, -0.05) is 13.0 Å². The summed E-state index contributed by atoms with van der Waals surface area (Å²) in [5.41, 5.74) is 4.17. The van der Waals surface area contributed by atoms with Crippen LogP contribution < -0.4 is 4.90 Å². The van der Waals surface area contributed by atoms with Crippen LogP contribution in [0.15, 0.2) is 12.3 Å². The van der Waals surface area contributed by atoms with Crippen molar-refractivity contribution in [2.45, 2.75) is 27.2 Å². The number of hydrogen-bond donors (Lipinski definition) is 0. The van der Waals surface area contributed by atoms with Gasteiger partial charge in [-0.05, 0) is 31.4 Å². The minimum atomic E-state index is 0.813. The predicted octanol–water partition coefficient (Wildman–Crippen LogP) is 2.11. The monoisotopic (exact) mass is 231 g/mol. The third-order valence-electron chi connectivity index (χ3n) is 2.91. The number of imidazole rings is 1. The van der Waals surface area contributed by atoms with Crippen molar-refractivity contribution in [1.29, 1.82) is 0 Å². The zero-order valence-electron chi connectivity index (χ0n) is 10.7. The topological polar surface area (TPSA) is 37.6 Å². The van der Waals surface area contributed by atoms with Gasteiger partial charge in [0.2, 0.25) is 6.41 Å². The summed E-state index contributed by atoms with van der Waals surface area (Å²) in [6, 6.07) is 2.10. The predicted molar refractivity (Wildman–Crippen MR) is 68.5 cm³/mol. The Kier molecular flexibility index (Phi) is 2.88. The van der Waals surface area contributed by atoms with E-state index >= 15 is 0 Å². The number of aryl methyl sites for hydroxylation is 3. The van der Waals surface area contributed by atoms with E-state index in [0.717, 1.165) is 41.1 Å². The summed E-state index contributed by atoms with van der Waals surface area (Å²) >= 11 is 0. The van der Waals surface area contributed by atoms with Crippen LogP contribution in [0.2, 0.25) is 0 Å². The molecular weight excluding hydrogens is 214 g/mol. The van der Waals surface area contributed by atoms with Gasteiger partial charge < -0.3 is 4.90 Å². The number of fused-ring (bicyclic) bond motifs is 1.